The first-order valence-electron chi connectivity index (χ1n) is 3.98. The predicted octanol–water partition coefficient (Wildman–Crippen LogP) is -0.737. The van der Waals surface area contributed by atoms with E-state index in [0.717, 1.165) is 0 Å². The first-order valence-corrected chi connectivity index (χ1v) is 3.98. The fraction of sp³-hybridized carbons (Fsp3) is 0.750. The zero-order valence-electron chi connectivity index (χ0n) is 9.32. The third-order valence-electron chi connectivity index (χ3n) is 0.903. The van der Waals surface area contributed by atoms with Crippen molar-refractivity contribution in [2.45, 2.75) is 0 Å². The summed E-state index contributed by atoms with van der Waals surface area (Å²) in [6, 6.07) is 0. The minimum absolute atomic E-state index is 0. The number of likely N-dealkylation sites (N-methyl/N-ethyl adjacent to an activating group) is 2. The molecule has 0 saturated carbocycles. The van der Waals surface area contributed by atoms with Crippen molar-refractivity contribution in [2.75, 3.05) is 41.3 Å². The Labute approximate surface area is 100 Å². The predicted molar refractivity (Wildman–Crippen MR) is 52.4 cm³/mol. The van der Waals surface area contributed by atoms with Crippen molar-refractivity contribution < 1.29 is 36.9 Å². The number of hydrogen-bond donors (Lipinski definition) is 2. The molecule has 95 valence electrons. The monoisotopic (exact) mass is 269 g/mol. The average Bonchev–Trinajstić information content (AvgIpc) is 1.79. The second-order valence-corrected chi connectivity index (χ2v) is 3.26. The van der Waals surface area contributed by atoms with E-state index in [-0.39, 0.29) is 30.2 Å². The molecule has 0 aromatic rings. The molecule has 1 radical (unpaired) electrons. The van der Waals surface area contributed by atoms with Gasteiger partial charge in [-0.1, -0.05) is 0 Å². The van der Waals surface area contributed by atoms with Crippen molar-refractivity contribution in [2.24, 2.45) is 0 Å². The molecule has 0 fully saturated rings. The Hall–Kier alpha value is -0.621. The smallest absolute Gasteiger partial charge is 0.317 e. The van der Waals surface area contributed by atoms with E-state index in [1.807, 2.05) is 0 Å². The van der Waals surface area contributed by atoms with Gasteiger partial charge < -0.3 is 10.2 Å². The fourth-order valence-electron chi connectivity index (χ4n) is 0.541. The van der Waals surface area contributed by atoms with Crippen LogP contribution in [0.2, 0.25) is 0 Å². The van der Waals surface area contributed by atoms with E-state index < -0.39 is 11.9 Å². The summed E-state index contributed by atoms with van der Waals surface area (Å²) in [6.07, 6.45) is 0. The molecule has 0 amide bonds. The van der Waals surface area contributed by atoms with Gasteiger partial charge in [-0.3, -0.25) is 19.4 Å². The summed E-state index contributed by atoms with van der Waals surface area (Å²) in [6.45, 7) is 0.222. The molecule has 0 aromatic heterocycles. The molecule has 0 aliphatic rings. The zero-order chi connectivity index (χ0) is 11.7. The summed E-state index contributed by atoms with van der Waals surface area (Å²) in [4.78, 5) is 22.7. The Bertz CT molecular complexity index is 165. The van der Waals surface area contributed by atoms with E-state index >= 15 is 0 Å². The number of carboxylic acid groups (broad SMARTS) is 2. The number of hydrogen-bond acceptors (Lipinski definition) is 4. The van der Waals surface area contributed by atoms with Gasteiger partial charge in [0.05, 0.1) is 13.1 Å². The molecule has 6 nitrogen and oxygen atoms in total. The topological polar surface area (TPSA) is 81.1 Å². The van der Waals surface area contributed by atoms with E-state index in [4.69, 9.17) is 10.2 Å². The molecule has 0 aromatic carbocycles. The molecular formula is C8H18CuN2O4. The summed E-state index contributed by atoms with van der Waals surface area (Å²) < 4.78 is 0. The van der Waals surface area contributed by atoms with E-state index in [9.17, 15) is 9.59 Å². The van der Waals surface area contributed by atoms with E-state index in [2.05, 4.69) is 0 Å². The maximum atomic E-state index is 9.77. The minimum atomic E-state index is -0.787. The van der Waals surface area contributed by atoms with Crippen molar-refractivity contribution in [3.05, 3.63) is 0 Å². The Morgan fingerprint density at radius 2 is 1.07 bits per heavy atom. The molecule has 0 heterocycles. The van der Waals surface area contributed by atoms with Crippen LogP contribution in [0, 0.1) is 0 Å². The van der Waals surface area contributed by atoms with Crippen LogP contribution < -0.4 is 0 Å². The molecule has 0 atom stereocenters. The summed E-state index contributed by atoms with van der Waals surface area (Å²) >= 11 is 0. The number of nitrogens with zero attached hydrogens (tertiary/aromatic N) is 2. The van der Waals surface area contributed by atoms with E-state index in [0.29, 0.717) is 0 Å². The van der Waals surface area contributed by atoms with E-state index in [1.54, 1.807) is 38.0 Å². The van der Waals surface area contributed by atoms with Crippen LogP contribution >= 0.6 is 0 Å². The Balaban J connectivity index is -0.000000180. The average molecular weight is 270 g/mol. The summed E-state index contributed by atoms with van der Waals surface area (Å²) in [5.74, 6) is -1.57. The van der Waals surface area contributed by atoms with Crippen molar-refractivity contribution >= 4 is 11.9 Å². The number of carboxylic acids is 2. The molecule has 0 unspecified atom stereocenters. The van der Waals surface area contributed by atoms with Crippen LogP contribution in [-0.4, -0.2) is 73.2 Å². The molecule has 7 heteroatoms. The van der Waals surface area contributed by atoms with Crippen LogP contribution in [0.3, 0.4) is 0 Å². The van der Waals surface area contributed by atoms with Crippen LogP contribution in [0.15, 0.2) is 0 Å². The molecule has 0 spiro atoms. The second kappa shape index (κ2) is 11.5. The number of aliphatic carboxylic acids is 2. The van der Waals surface area contributed by atoms with Crippen LogP contribution in [0.5, 0.6) is 0 Å². The fourth-order valence-corrected chi connectivity index (χ4v) is 0.541. The Morgan fingerprint density at radius 3 is 1.07 bits per heavy atom. The first-order chi connectivity index (χ1) is 6.25. The molecule has 0 rings (SSSR count). The van der Waals surface area contributed by atoms with Crippen LogP contribution in [0.25, 0.3) is 0 Å². The molecule has 0 aliphatic heterocycles. The van der Waals surface area contributed by atoms with Crippen molar-refractivity contribution in [3.63, 3.8) is 0 Å². The van der Waals surface area contributed by atoms with Gasteiger partial charge in [0, 0.05) is 17.1 Å². The third kappa shape index (κ3) is 31.8. The Morgan fingerprint density at radius 1 is 0.867 bits per heavy atom. The van der Waals surface area contributed by atoms with Gasteiger partial charge in [-0.15, -0.1) is 0 Å². The zero-order valence-corrected chi connectivity index (χ0v) is 10.3. The summed E-state index contributed by atoms with van der Waals surface area (Å²) in [7, 11) is 6.87. The summed E-state index contributed by atoms with van der Waals surface area (Å²) in [5, 5.41) is 16.1. The maximum absolute atomic E-state index is 9.77. The molecular weight excluding hydrogens is 252 g/mol. The Kier molecular flexibility index (Phi) is 15.2. The molecule has 0 aliphatic carbocycles. The second-order valence-electron chi connectivity index (χ2n) is 3.26. The molecule has 0 bridgehead atoms. The number of carbonyl (C=O) groups is 2. The van der Waals surface area contributed by atoms with E-state index in [1.165, 1.54) is 0 Å². The van der Waals surface area contributed by atoms with Gasteiger partial charge in [-0.2, -0.15) is 0 Å². The van der Waals surface area contributed by atoms with Gasteiger partial charge in [0.2, 0.25) is 0 Å². The number of rotatable bonds is 4. The van der Waals surface area contributed by atoms with Gasteiger partial charge in [0.25, 0.3) is 0 Å². The van der Waals surface area contributed by atoms with Crippen molar-refractivity contribution in [3.8, 4) is 0 Å². The first kappa shape index (κ1) is 19.9. The standard InChI is InChI=1S/2C4H9NO2.Cu/c2*1-5(2)3-4(6)7;/h2*3H2,1-2H3,(H,6,7);. The van der Waals surface area contributed by atoms with Gasteiger partial charge in [-0.05, 0) is 28.2 Å². The van der Waals surface area contributed by atoms with Gasteiger partial charge in [-0.25, -0.2) is 0 Å². The van der Waals surface area contributed by atoms with Crippen molar-refractivity contribution in [1.82, 2.24) is 9.80 Å². The van der Waals surface area contributed by atoms with Gasteiger partial charge in [0.1, 0.15) is 0 Å². The normalized spacial score (nSPS) is 8.93. The van der Waals surface area contributed by atoms with Crippen LogP contribution in [-0.2, 0) is 26.7 Å². The molecule has 0 saturated heterocycles. The van der Waals surface area contributed by atoms with Crippen molar-refractivity contribution in [1.29, 1.82) is 0 Å². The van der Waals surface area contributed by atoms with Crippen LogP contribution in [0.1, 0.15) is 0 Å². The largest absolute Gasteiger partial charge is 0.480 e. The van der Waals surface area contributed by atoms with Gasteiger partial charge >= 0.3 is 11.9 Å². The van der Waals surface area contributed by atoms with Crippen LogP contribution in [0.4, 0.5) is 0 Å². The van der Waals surface area contributed by atoms with Gasteiger partial charge in [0.15, 0.2) is 0 Å². The quantitative estimate of drug-likeness (QED) is 0.655. The maximum Gasteiger partial charge on any atom is 0.317 e. The molecule has 2 N–H and O–H groups in total. The SMILES string of the molecule is CN(C)CC(=O)O.CN(C)CC(=O)O.[Cu]. The third-order valence-corrected chi connectivity index (χ3v) is 0.903. The minimum Gasteiger partial charge on any atom is -0.480 e. The molecule has 15 heavy (non-hydrogen) atoms. The summed E-state index contributed by atoms with van der Waals surface area (Å²) in [5.41, 5.74) is 0.